The van der Waals surface area contributed by atoms with Crippen molar-refractivity contribution in [1.29, 1.82) is 0 Å². The van der Waals surface area contributed by atoms with Crippen LogP contribution in [0.2, 0.25) is 0 Å². The van der Waals surface area contributed by atoms with Crippen LogP contribution in [0, 0.1) is 0 Å². The van der Waals surface area contributed by atoms with Crippen molar-refractivity contribution >= 4 is 16.4 Å². The maximum Gasteiger partial charge on any atom is 0.144 e. The highest BCUT2D eigenvalue weighted by Crippen LogP contribution is 2.41. The number of rotatable bonds is 12. The molecule has 0 aliphatic carbocycles. The largest absolute Gasteiger partial charge is 0.303 e. The molecular weight excluding hydrogens is 837 g/mol. The first-order chi connectivity index (χ1) is 33.8. The van der Waals surface area contributed by atoms with Crippen LogP contribution in [-0.2, 0) is 31.1 Å². The van der Waals surface area contributed by atoms with Gasteiger partial charge in [-0.15, -0.1) is 0 Å². The summed E-state index contributed by atoms with van der Waals surface area (Å²) in [5.41, 5.74) is 21.4. The number of pyridine rings is 3. The van der Waals surface area contributed by atoms with Gasteiger partial charge in [0.1, 0.15) is 5.65 Å². The molecule has 11 rings (SSSR count). The Labute approximate surface area is 405 Å². The summed E-state index contributed by atoms with van der Waals surface area (Å²) in [6.45, 7) is 6.83. The van der Waals surface area contributed by atoms with Gasteiger partial charge in [0.25, 0.3) is 0 Å². The molecule has 69 heavy (non-hydrogen) atoms. The minimum absolute atomic E-state index is 0.0215. The Hall–Kier alpha value is -8.21. The molecule has 11 aromatic rings. The molecule has 0 fully saturated rings. The molecule has 0 bridgehead atoms. The quantitative estimate of drug-likeness (QED) is 0.123. The van der Waals surface area contributed by atoms with Crippen molar-refractivity contribution in [2.45, 2.75) is 51.9 Å². The molecule has 4 heteroatoms. The van der Waals surface area contributed by atoms with E-state index in [1.165, 1.54) is 83.2 Å². The molecule has 0 amide bonds. The zero-order chi connectivity index (χ0) is 46.7. The Morgan fingerprint density at radius 2 is 0.928 bits per heavy atom. The molecule has 0 saturated carbocycles. The van der Waals surface area contributed by atoms with Crippen LogP contribution in [0.25, 0.3) is 83.4 Å². The SMILES string of the molecule is CC(C)(C)c1cc2cc(CCc3cc(CCc4ccc(-c5ccccn5)cc4)cc(-c4ccccc4-c4ccc(-c5ccccn5)cc4-c4ccc(-c5ccccc5)cc4)c3)ccc2c2nccn12. The summed E-state index contributed by atoms with van der Waals surface area (Å²) in [5.74, 6) is 0. The number of hydrogen-bond acceptors (Lipinski definition) is 3. The van der Waals surface area contributed by atoms with Gasteiger partial charge in [-0.2, -0.15) is 0 Å². The highest BCUT2D eigenvalue weighted by Gasteiger charge is 2.20. The first kappa shape index (κ1) is 43.4. The van der Waals surface area contributed by atoms with E-state index in [0.29, 0.717) is 0 Å². The molecule has 4 aromatic heterocycles. The van der Waals surface area contributed by atoms with Crippen LogP contribution in [0.5, 0.6) is 0 Å². The molecule has 0 radical (unpaired) electrons. The Morgan fingerprint density at radius 1 is 0.362 bits per heavy atom. The molecule has 334 valence electrons. The number of fused-ring (bicyclic) bond motifs is 3. The first-order valence-corrected chi connectivity index (χ1v) is 24.1. The highest BCUT2D eigenvalue weighted by atomic mass is 15.0. The third kappa shape index (κ3) is 9.27. The molecule has 0 atom stereocenters. The standard InChI is InChI=1S/C65H54N4/c1-65(2,3)63-44-55-40-46(25-33-57(55)64-68-37-38-69(63)64)20-22-48-39-47(21-19-45-23-26-52(27-24-45)61-17-9-11-35-66-61)41-54(42-48)56-15-7-8-16-58(56)59-34-32-53(62-18-10-12-36-67-62)43-60(59)51-30-28-50(29-31-51)49-13-5-4-6-14-49/h4-18,23-44H,19-22H2,1-3H3. The zero-order valence-electron chi connectivity index (χ0n) is 39.5. The van der Waals surface area contributed by atoms with E-state index in [4.69, 9.17) is 9.97 Å². The van der Waals surface area contributed by atoms with Crippen molar-refractivity contribution in [2.24, 2.45) is 0 Å². The van der Waals surface area contributed by atoms with Gasteiger partial charge in [-0.1, -0.05) is 185 Å². The van der Waals surface area contributed by atoms with Gasteiger partial charge in [-0.3, -0.25) is 9.97 Å². The predicted molar refractivity (Wildman–Crippen MR) is 287 cm³/mol. The Balaban J connectivity index is 0.974. The minimum Gasteiger partial charge on any atom is -0.303 e. The molecule has 0 spiro atoms. The number of aromatic nitrogens is 4. The van der Waals surface area contributed by atoms with Crippen LogP contribution in [-0.4, -0.2) is 19.4 Å². The third-order valence-corrected chi connectivity index (χ3v) is 13.5. The van der Waals surface area contributed by atoms with E-state index in [1.807, 2.05) is 36.8 Å². The Kier molecular flexibility index (Phi) is 11.8. The number of benzene rings is 7. The lowest BCUT2D eigenvalue weighted by atomic mass is 9.86. The van der Waals surface area contributed by atoms with E-state index in [-0.39, 0.29) is 5.41 Å². The molecule has 0 aliphatic rings. The van der Waals surface area contributed by atoms with Crippen LogP contribution in [0.4, 0.5) is 0 Å². The third-order valence-electron chi connectivity index (χ3n) is 13.5. The fourth-order valence-electron chi connectivity index (χ4n) is 9.90. The average Bonchev–Trinajstić information content (AvgIpc) is 3.90. The van der Waals surface area contributed by atoms with E-state index < -0.39 is 0 Å². The minimum atomic E-state index is -0.0215. The van der Waals surface area contributed by atoms with E-state index in [9.17, 15) is 0 Å². The van der Waals surface area contributed by atoms with E-state index in [0.717, 1.165) is 53.8 Å². The molecule has 7 aromatic carbocycles. The van der Waals surface area contributed by atoms with Crippen molar-refractivity contribution < 1.29 is 0 Å². The van der Waals surface area contributed by atoms with E-state index in [1.54, 1.807) is 0 Å². The van der Waals surface area contributed by atoms with Crippen LogP contribution in [0.3, 0.4) is 0 Å². The van der Waals surface area contributed by atoms with Crippen LogP contribution in [0.15, 0.2) is 225 Å². The van der Waals surface area contributed by atoms with Crippen molar-refractivity contribution in [3.8, 4) is 67.0 Å². The maximum absolute atomic E-state index is 4.79. The summed E-state index contributed by atoms with van der Waals surface area (Å²) in [6, 6.07) is 73.2. The second-order valence-electron chi connectivity index (χ2n) is 19.2. The fourth-order valence-corrected chi connectivity index (χ4v) is 9.90. The van der Waals surface area contributed by atoms with Gasteiger partial charge in [-0.05, 0) is 134 Å². The molecular formula is C65H54N4. The van der Waals surface area contributed by atoms with Gasteiger partial charge in [0.05, 0.1) is 11.4 Å². The van der Waals surface area contributed by atoms with Gasteiger partial charge in [0, 0.05) is 52.4 Å². The van der Waals surface area contributed by atoms with Gasteiger partial charge < -0.3 is 4.40 Å². The van der Waals surface area contributed by atoms with E-state index >= 15 is 0 Å². The van der Waals surface area contributed by atoms with E-state index in [2.05, 4.69) is 218 Å². The molecule has 0 aliphatic heterocycles. The monoisotopic (exact) mass is 890 g/mol. The van der Waals surface area contributed by atoms with Crippen molar-refractivity contribution in [3.05, 3.63) is 253 Å². The smallest absolute Gasteiger partial charge is 0.144 e. The van der Waals surface area contributed by atoms with Crippen molar-refractivity contribution in [1.82, 2.24) is 19.4 Å². The lowest BCUT2D eigenvalue weighted by molar-refractivity contribution is 0.562. The number of imidazole rings is 1. The summed E-state index contributed by atoms with van der Waals surface area (Å²) < 4.78 is 2.25. The molecule has 0 N–H and O–H groups in total. The Bertz CT molecular complexity index is 3550. The number of aryl methyl sites for hydroxylation is 4. The average molecular weight is 891 g/mol. The highest BCUT2D eigenvalue weighted by molar-refractivity contribution is 5.96. The molecule has 4 heterocycles. The first-order valence-electron chi connectivity index (χ1n) is 24.1. The lowest BCUT2D eigenvalue weighted by Crippen LogP contribution is -2.16. The zero-order valence-corrected chi connectivity index (χ0v) is 39.5. The van der Waals surface area contributed by atoms with Gasteiger partial charge in [0.15, 0.2) is 0 Å². The molecule has 4 nitrogen and oxygen atoms in total. The molecule has 0 saturated heterocycles. The van der Waals surface area contributed by atoms with Crippen LogP contribution in [0.1, 0.15) is 48.7 Å². The summed E-state index contributed by atoms with van der Waals surface area (Å²) in [7, 11) is 0. The second-order valence-corrected chi connectivity index (χ2v) is 19.2. The number of nitrogens with zero attached hydrogens (tertiary/aromatic N) is 4. The van der Waals surface area contributed by atoms with Gasteiger partial charge in [-0.25, -0.2) is 4.98 Å². The van der Waals surface area contributed by atoms with Gasteiger partial charge >= 0.3 is 0 Å². The number of hydrogen-bond donors (Lipinski definition) is 0. The summed E-state index contributed by atoms with van der Waals surface area (Å²) in [5, 5.41) is 2.43. The summed E-state index contributed by atoms with van der Waals surface area (Å²) in [6.07, 6.45) is 11.4. The summed E-state index contributed by atoms with van der Waals surface area (Å²) in [4.78, 5) is 14.1. The maximum atomic E-state index is 4.79. The topological polar surface area (TPSA) is 43.1 Å². The van der Waals surface area contributed by atoms with Crippen molar-refractivity contribution in [3.63, 3.8) is 0 Å². The van der Waals surface area contributed by atoms with Crippen LogP contribution < -0.4 is 0 Å². The van der Waals surface area contributed by atoms with Gasteiger partial charge in [0.2, 0.25) is 0 Å². The fraction of sp³-hybridized carbons (Fsp3) is 0.123. The second kappa shape index (κ2) is 18.8. The Morgan fingerprint density at radius 3 is 1.62 bits per heavy atom. The lowest BCUT2D eigenvalue weighted by Gasteiger charge is -2.22. The van der Waals surface area contributed by atoms with Crippen LogP contribution >= 0.6 is 0 Å². The predicted octanol–water partition coefficient (Wildman–Crippen LogP) is 16.1. The normalized spacial score (nSPS) is 11.6. The van der Waals surface area contributed by atoms with Crippen molar-refractivity contribution in [2.75, 3.05) is 0 Å². The summed E-state index contributed by atoms with van der Waals surface area (Å²) >= 11 is 0. The molecule has 0 unspecified atom stereocenters.